The lowest BCUT2D eigenvalue weighted by atomic mass is 10.1. The van der Waals surface area contributed by atoms with E-state index in [4.69, 9.17) is 5.73 Å². The van der Waals surface area contributed by atoms with Gasteiger partial charge in [0.25, 0.3) is 0 Å². The summed E-state index contributed by atoms with van der Waals surface area (Å²) in [6, 6.07) is 2.07. The van der Waals surface area contributed by atoms with Gasteiger partial charge >= 0.3 is 0 Å². The number of aryl methyl sites for hydroxylation is 2. The number of pyridine rings is 1. The van der Waals surface area contributed by atoms with Gasteiger partial charge in [0.15, 0.2) is 0 Å². The third kappa shape index (κ3) is 2.42. The molecule has 1 aliphatic rings. The van der Waals surface area contributed by atoms with Crippen LogP contribution in [0.25, 0.3) is 0 Å². The van der Waals surface area contributed by atoms with E-state index in [0.717, 1.165) is 35.6 Å². The Balaban J connectivity index is 2.38. The van der Waals surface area contributed by atoms with Gasteiger partial charge < -0.3 is 15.7 Å². The highest BCUT2D eigenvalue weighted by molar-refractivity contribution is 5.57. The number of hydrogen-bond donors (Lipinski definition) is 2. The Morgan fingerprint density at radius 2 is 2.24 bits per heavy atom. The zero-order valence-corrected chi connectivity index (χ0v) is 10.8. The lowest BCUT2D eigenvalue weighted by Crippen LogP contribution is -2.30. The van der Waals surface area contributed by atoms with E-state index >= 15 is 0 Å². The van der Waals surface area contributed by atoms with Crippen molar-refractivity contribution >= 4 is 5.69 Å². The van der Waals surface area contributed by atoms with Crippen molar-refractivity contribution in [3.05, 3.63) is 23.0 Å². The third-order valence-electron chi connectivity index (χ3n) is 3.43. The monoisotopic (exact) mass is 235 g/mol. The smallest absolute Gasteiger partial charge is 0.0810 e. The summed E-state index contributed by atoms with van der Waals surface area (Å²) in [5.74, 6) is 0. The Morgan fingerprint density at radius 3 is 2.76 bits per heavy atom. The maximum Gasteiger partial charge on any atom is 0.0810 e. The van der Waals surface area contributed by atoms with E-state index in [1.165, 1.54) is 0 Å². The van der Waals surface area contributed by atoms with Crippen LogP contribution in [0.4, 0.5) is 5.69 Å². The molecule has 0 aromatic carbocycles. The molecule has 17 heavy (non-hydrogen) atoms. The van der Waals surface area contributed by atoms with E-state index in [1.807, 2.05) is 20.8 Å². The molecule has 2 rings (SSSR count). The van der Waals surface area contributed by atoms with Crippen molar-refractivity contribution in [2.24, 2.45) is 5.73 Å². The predicted octanol–water partition coefficient (Wildman–Crippen LogP) is 1.12. The Labute approximate surface area is 102 Å². The highest BCUT2D eigenvalue weighted by Gasteiger charge is 2.32. The average molecular weight is 235 g/mol. The van der Waals surface area contributed by atoms with Crippen LogP contribution in [0.3, 0.4) is 0 Å². The van der Waals surface area contributed by atoms with Crippen LogP contribution in [0, 0.1) is 13.8 Å². The first kappa shape index (κ1) is 12.3. The van der Waals surface area contributed by atoms with Crippen molar-refractivity contribution in [3.63, 3.8) is 0 Å². The van der Waals surface area contributed by atoms with Crippen LogP contribution in [0.1, 0.15) is 30.3 Å². The zero-order valence-electron chi connectivity index (χ0n) is 10.8. The fourth-order valence-corrected chi connectivity index (χ4v) is 2.52. The number of anilines is 1. The minimum absolute atomic E-state index is 0.493. The van der Waals surface area contributed by atoms with Crippen molar-refractivity contribution in [1.29, 1.82) is 0 Å². The maximum atomic E-state index is 10.0. The summed E-state index contributed by atoms with van der Waals surface area (Å²) in [7, 11) is 0. The van der Waals surface area contributed by atoms with Crippen LogP contribution >= 0.6 is 0 Å². The second-order valence-electron chi connectivity index (χ2n) is 5.22. The molecule has 1 aromatic rings. The van der Waals surface area contributed by atoms with Gasteiger partial charge in [-0.25, -0.2) is 0 Å². The van der Waals surface area contributed by atoms with Gasteiger partial charge in [-0.3, -0.25) is 4.98 Å². The highest BCUT2D eigenvalue weighted by atomic mass is 16.3. The number of nitrogens with zero attached hydrogens (tertiary/aromatic N) is 2. The molecule has 0 amide bonds. The minimum Gasteiger partial charge on any atom is -0.388 e. The fraction of sp³-hybridized carbons (Fsp3) is 0.615. The van der Waals surface area contributed by atoms with Crippen molar-refractivity contribution in [2.45, 2.75) is 39.3 Å². The van der Waals surface area contributed by atoms with Gasteiger partial charge in [0.05, 0.1) is 5.60 Å². The van der Waals surface area contributed by atoms with Crippen molar-refractivity contribution in [2.75, 3.05) is 18.0 Å². The van der Waals surface area contributed by atoms with Crippen molar-refractivity contribution in [3.8, 4) is 0 Å². The zero-order chi connectivity index (χ0) is 12.6. The number of aromatic nitrogens is 1. The molecule has 94 valence electrons. The molecule has 0 bridgehead atoms. The van der Waals surface area contributed by atoms with Gasteiger partial charge in [0.2, 0.25) is 0 Å². The molecule has 1 unspecified atom stereocenters. The molecule has 1 atom stereocenters. The lowest BCUT2D eigenvalue weighted by molar-refractivity contribution is 0.0839. The van der Waals surface area contributed by atoms with Crippen LogP contribution in [-0.4, -0.2) is 28.8 Å². The van der Waals surface area contributed by atoms with Crippen LogP contribution in [0.2, 0.25) is 0 Å². The summed E-state index contributed by atoms with van der Waals surface area (Å²) < 4.78 is 0. The predicted molar refractivity (Wildman–Crippen MR) is 69.1 cm³/mol. The first-order chi connectivity index (χ1) is 7.93. The van der Waals surface area contributed by atoms with Gasteiger partial charge in [0, 0.05) is 42.3 Å². The number of aliphatic hydroxyl groups is 1. The van der Waals surface area contributed by atoms with Gasteiger partial charge in [-0.1, -0.05) is 0 Å². The molecule has 1 aromatic heterocycles. The quantitative estimate of drug-likeness (QED) is 0.806. The normalized spacial score (nSPS) is 24.4. The third-order valence-corrected chi connectivity index (χ3v) is 3.43. The summed E-state index contributed by atoms with van der Waals surface area (Å²) in [5.41, 5.74) is 9.44. The average Bonchev–Trinajstić information content (AvgIpc) is 2.57. The summed E-state index contributed by atoms with van der Waals surface area (Å²) in [6.07, 6.45) is 0.803. The molecule has 1 fully saturated rings. The highest BCUT2D eigenvalue weighted by Crippen LogP contribution is 2.30. The summed E-state index contributed by atoms with van der Waals surface area (Å²) in [6.45, 7) is 7.91. The molecule has 3 N–H and O–H groups in total. The van der Waals surface area contributed by atoms with Gasteiger partial charge in [-0.15, -0.1) is 0 Å². The number of β-amino-alcohol motifs (C(OH)–C–C–N with tert-alkyl or cyclic N) is 1. The number of rotatable bonds is 2. The van der Waals surface area contributed by atoms with Crippen molar-refractivity contribution < 1.29 is 5.11 Å². The number of nitrogens with two attached hydrogens (primary N) is 1. The Hall–Kier alpha value is -1.13. The molecule has 0 saturated carbocycles. The fourth-order valence-electron chi connectivity index (χ4n) is 2.52. The van der Waals surface area contributed by atoms with E-state index in [-0.39, 0.29) is 0 Å². The molecule has 2 heterocycles. The first-order valence-electron chi connectivity index (χ1n) is 6.07. The van der Waals surface area contributed by atoms with Crippen LogP contribution < -0.4 is 10.6 Å². The van der Waals surface area contributed by atoms with E-state index in [9.17, 15) is 5.11 Å². The molecule has 1 saturated heterocycles. The second kappa shape index (κ2) is 4.27. The molecule has 4 heteroatoms. The minimum atomic E-state index is -0.586. The molecule has 0 aliphatic carbocycles. The molecular formula is C13H21N3O. The molecule has 4 nitrogen and oxygen atoms in total. The Bertz CT molecular complexity index is 429. The van der Waals surface area contributed by atoms with Crippen LogP contribution in [0.15, 0.2) is 6.07 Å². The molecule has 0 radical (unpaired) electrons. The topological polar surface area (TPSA) is 62.4 Å². The van der Waals surface area contributed by atoms with Crippen LogP contribution in [0.5, 0.6) is 0 Å². The molecular weight excluding hydrogens is 214 g/mol. The molecule has 1 aliphatic heterocycles. The van der Waals surface area contributed by atoms with E-state index in [2.05, 4.69) is 16.0 Å². The van der Waals surface area contributed by atoms with Crippen LogP contribution in [-0.2, 0) is 6.54 Å². The van der Waals surface area contributed by atoms with Gasteiger partial charge in [-0.05, 0) is 33.3 Å². The number of hydrogen-bond acceptors (Lipinski definition) is 4. The Kier molecular flexibility index (Phi) is 3.10. The summed E-state index contributed by atoms with van der Waals surface area (Å²) >= 11 is 0. The first-order valence-corrected chi connectivity index (χ1v) is 6.07. The Morgan fingerprint density at radius 1 is 1.53 bits per heavy atom. The van der Waals surface area contributed by atoms with E-state index in [1.54, 1.807) is 0 Å². The summed E-state index contributed by atoms with van der Waals surface area (Å²) in [5, 5.41) is 10.0. The molecule has 0 spiro atoms. The largest absolute Gasteiger partial charge is 0.388 e. The van der Waals surface area contributed by atoms with Gasteiger partial charge in [-0.2, -0.15) is 0 Å². The maximum absolute atomic E-state index is 10.0. The van der Waals surface area contributed by atoms with E-state index in [0.29, 0.717) is 13.1 Å². The van der Waals surface area contributed by atoms with E-state index < -0.39 is 5.60 Å². The van der Waals surface area contributed by atoms with Crippen molar-refractivity contribution in [1.82, 2.24) is 4.98 Å². The SMILES string of the molecule is Cc1cc(N2CCC(C)(O)C2)c(CN)c(C)n1. The summed E-state index contributed by atoms with van der Waals surface area (Å²) in [4.78, 5) is 6.66. The second-order valence-corrected chi connectivity index (χ2v) is 5.22. The van der Waals surface area contributed by atoms with Gasteiger partial charge in [0.1, 0.15) is 0 Å². The lowest BCUT2D eigenvalue weighted by Gasteiger charge is -2.24. The standard InChI is InChI=1S/C13H21N3O/c1-9-6-12(11(7-14)10(2)15-9)16-5-4-13(3,17)8-16/h6,17H,4-5,7-8,14H2,1-3H3.